The second kappa shape index (κ2) is 62.7. The fourth-order valence-corrected chi connectivity index (χ4v) is 10.8. The SMILES string of the molecule is C=C1CC(N)CN1C(C)(C)C.C=C1c2ccccc2C(=O)N1C(C)(C)C.CC(=O)NC(C)C.CC(=O)NC(C)C.CC(C)(C)N1CC2(COC2)C1.CC(C)N.CC(C)N(C)C.CC(C)N(C)CCO.CC(C)N1CCN(C)CC1.CC(C)NCCO.CC(C)NS(C)(=O)=O.CC1(O)CN(C(C)(C)C)C1.CNC(C)C.CSC(C)C. The van der Waals surface area contributed by atoms with Crippen LogP contribution in [0, 0.1) is 5.41 Å². The van der Waals surface area contributed by atoms with Gasteiger partial charge in [0, 0.05) is 197 Å². The molecule has 0 saturated carbocycles. The summed E-state index contributed by atoms with van der Waals surface area (Å²) in [5.41, 5.74) is 15.3. The van der Waals surface area contributed by atoms with Gasteiger partial charge in [-0.3, -0.25) is 29.1 Å². The lowest BCUT2D eigenvalue weighted by atomic mass is 9.75. The van der Waals surface area contributed by atoms with Crippen molar-refractivity contribution in [1.82, 2.24) is 65.2 Å². The first-order valence-electron chi connectivity index (χ1n) is 41.8. The smallest absolute Gasteiger partial charge is 0.259 e. The maximum Gasteiger partial charge on any atom is 0.259 e. The molecule has 0 aliphatic carbocycles. The zero-order valence-electron chi connectivity index (χ0n) is 81.7. The van der Waals surface area contributed by atoms with Crippen molar-refractivity contribution >= 4 is 45.2 Å². The highest BCUT2D eigenvalue weighted by Gasteiger charge is 2.51. The second-order valence-electron chi connectivity index (χ2n) is 38.0. The molecule has 1 atom stereocenters. The van der Waals surface area contributed by atoms with Crippen molar-refractivity contribution in [3.8, 4) is 0 Å². The Morgan fingerprint density at radius 3 is 1.21 bits per heavy atom. The molecular formula is C88H189N15O9S2. The topological polar surface area (TPSA) is 293 Å². The molecule has 5 saturated heterocycles. The summed E-state index contributed by atoms with van der Waals surface area (Å²) >= 11 is 1.88. The molecule has 5 fully saturated rings. The number of amides is 3. The van der Waals surface area contributed by atoms with Crippen LogP contribution in [0.15, 0.2) is 43.1 Å². The Morgan fingerprint density at radius 2 is 1.04 bits per heavy atom. The van der Waals surface area contributed by atoms with Gasteiger partial charge in [-0.05, 0) is 232 Å². The van der Waals surface area contributed by atoms with E-state index in [1.54, 1.807) is 18.7 Å². The van der Waals surface area contributed by atoms with Gasteiger partial charge in [0.25, 0.3) is 5.91 Å². The molecule has 26 heteroatoms. The molecule has 1 aromatic rings. The number of likely N-dealkylation sites (N-methyl/N-ethyl adjacent to an activating group) is 2. The zero-order valence-corrected chi connectivity index (χ0v) is 83.4. The number of aliphatic hydroxyl groups excluding tert-OH is 2. The number of fused-ring (bicyclic) bond motifs is 1. The average molecular weight is 1670 g/mol. The number of nitrogens with zero attached hydrogens (tertiary/aromatic N) is 8. The molecule has 1 spiro atoms. The van der Waals surface area contributed by atoms with Gasteiger partial charge in [0.15, 0.2) is 0 Å². The number of carbonyl (C=O) groups excluding carboxylic acids is 3. The summed E-state index contributed by atoms with van der Waals surface area (Å²) in [6, 6.07) is 11.9. The maximum atomic E-state index is 12.1. The number of carbonyl (C=O) groups is 3. The van der Waals surface area contributed by atoms with Gasteiger partial charge in [-0.1, -0.05) is 86.7 Å². The van der Waals surface area contributed by atoms with Gasteiger partial charge in [0.05, 0.1) is 38.3 Å². The first kappa shape index (κ1) is 124. The van der Waals surface area contributed by atoms with Crippen molar-refractivity contribution in [2.24, 2.45) is 16.9 Å². The van der Waals surface area contributed by atoms with E-state index in [0.29, 0.717) is 53.7 Å². The number of ether oxygens (including phenoxy) is 1. The number of thioether (sulfide) groups is 1. The number of likely N-dealkylation sites (tertiary alicyclic amines) is 3. The van der Waals surface area contributed by atoms with Gasteiger partial charge < -0.3 is 77.3 Å². The van der Waals surface area contributed by atoms with E-state index >= 15 is 0 Å². The van der Waals surface area contributed by atoms with E-state index in [0.717, 1.165) is 80.2 Å². The predicted octanol–water partition coefficient (Wildman–Crippen LogP) is 11.8. The van der Waals surface area contributed by atoms with Gasteiger partial charge in [0.1, 0.15) is 0 Å². The minimum atomic E-state index is -2.97. The highest BCUT2D eigenvalue weighted by atomic mass is 32.2. The number of hydrogen-bond donors (Lipinski definition) is 10. The highest BCUT2D eigenvalue weighted by molar-refractivity contribution is 7.99. The molecule has 114 heavy (non-hydrogen) atoms. The molecule has 12 N–H and O–H groups in total. The molecule has 6 aliphatic heterocycles. The summed E-state index contributed by atoms with van der Waals surface area (Å²) in [4.78, 5) is 50.4. The molecule has 1 unspecified atom stereocenters. The van der Waals surface area contributed by atoms with Gasteiger partial charge in [-0.25, -0.2) is 13.1 Å². The number of sulfonamides is 1. The van der Waals surface area contributed by atoms with Gasteiger partial charge in [-0.15, -0.1) is 0 Å². The van der Waals surface area contributed by atoms with Crippen LogP contribution in [-0.2, 0) is 24.3 Å². The van der Waals surface area contributed by atoms with Crippen molar-refractivity contribution in [1.29, 1.82) is 0 Å². The van der Waals surface area contributed by atoms with E-state index in [9.17, 15) is 27.9 Å². The molecule has 0 radical (unpaired) electrons. The van der Waals surface area contributed by atoms with E-state index in [1.807, 2.05) is 119 Å². The number of nitrogens with one attached hydrogen (secondary N) is 5. The Kier molecular flexibility index (Phi) is 68.1. The van der Waals surface area contributed by atoms with Gasteiger partial charge in [0.2, 0.25) is 21.8 Å². The molecular weight excluding hydrogens is 1480 g/mol. The van der Waals surface area contributed by atoms with E-state index < -0.39 is 15.6 Å². The van der Waals surface area contributed by atoms with Crippen LogP contribution in [0.5, 0.6) is 0 Å². The van der Waals surface area contributed by atoms with Crippen LogP contribution in [0.3, 0.4) is 0 Å². The summed E-state index contributed by atoms with van der Waals surface area (Å²) in [5, 5.41) is 38.3. The van der Waals surface area contributed by atoms with Crippen LogP contribution >= 0.6 is 11.8 Å². The number of benzene rings is 1. The molecule has 7 rings (SSSR count). The molecule has 6 heterocycles. The van der Waals surface area contributed by atoms with Crippen molar-refractivity contribution in [3.63, 3.8) is 0 Å². The molecule has 0 bridgehead atoms. The first-order valence-corrected chi connectivity index (χ1v) is 44.9. The quantitative estimate of drug-likeness (QED) is 0.0828. The van der Waals surface area contributed by atoms with E-state index in [1.165, 1.54) is 58.8 Å². The van der Waals surface area contributed by atoms with Crippen molar-refractivity contribution < 1.29 is 42.9 Å². The summed E-state index contributed by atoms with van der Waals surface area (Å²) in [5.74, 6) is 0.133. The summed E-state index contributed by atoms with van der Waals surface area (Å²) in [7, 11) is 7.32. The minimum Gasteiger partial charge on any atom is -0.395 e. The maximum absolute atomic E-state index is 12.1. The number of hydrogen-bond acceptors (Lipinski definition) is 21. The van der Waals surface area contributed by atoms with E-state index in [-0.39, 0.29) is 65.7 Å². The third kappa shape index (κ3) is 70.5. The minimum absolute atomic E-state index is 0.00463. The van der Waals surface area contributed by atoms with Crippen LogP contribution in [0.2, 0.25) is 0 Å². The first-order chi connectivity index (χ1) is 51.4. The molecule has 1 aromatic carbocycles. The fourth-order valence-electron chi connectivity index (χ4n) is 9.99. The fraction of sp³-hybridized carbons (Fsp3) is 0.852. The number of aliphatic hydroxyl groups is 3. The van der Waals surface area contributed by atoms with Crippen LogP contribution < -0.4 is 37.5 Å². The Morgan fingerprint density at radius 1 is 0.658 bits per heavy atom. The Hall–Kier alpha value is -3.39. The van der Waals surface area contributed by atoms with Crippen molar-refractivity contribution in [2.45, 2.75) is 342 Å². The lowest BCUT2D eigenvalue weighted by Gasteiger charge is -2.59. The average Bonchev–Trinajstić information content (AvgIpc) is 1.45. The predicted molar refractivity (Wildman–Crippen MR) is 497 cm³/mol. The van der Waals surface area contributed by atoms with Crippen LogP contribution in [-0.4, -0.2) is 320 Å². The molecule has 3 amide bonds. The van der Waals surface area contributed by atoms with Crippen molar-refractivity contribution in [3.05, 3.63) is 54.2 Å². The molecule has 0 aromatic heterocycles. The van der Waals surface area contributed by atoms with Crippen LogP contribution in [0.4, 0.5) is 0 Å². The summed E-state index contributed by atoms with van der Waals surface area (Å²) < 4.78 is 28.2. The molecule has 24 nitrogen and oxygen atoms in total. The second-order valence-corrected chi connectivity index (χ2v) is 41.2. The van der Waals surface area contributed by atoms with Crippen LogP contribution in [0.1, 0.15) is 265 Å². The zero-order chi connectivity index (χ0) is 91.6. The molecule has 6 aliphatic rings. The van der Waals surface area contributed by atoms with E-state index in [4.69, 9.17) is 26.4 Å². The monoisotopic (exact) mass is 1660 g/mol. The molecule has 682 valence electrons. The van der Waals surface area contributed by atoms with Gasteiger partial charge in [-0.2, -0.15) is 11.8 Å². The lowest BCUT2D eigenvalue weighted by Crippen LogP contribution is -2.69. The number of rotatable bonds is 14. The Bertz CT molecular complexity index is 2640. The van der Waals surface area contributed by atoms with Crippen molar-refractivity contribution in [2.75, 3.05) is 146 Å². The highest BCUT2D eigenvalue weighted by Crippen LogP contribution is 2.41. The third-order valence-corrected chi connectivity index (χ3v) is 19.2. The Balaban J connectivity index is -0.000000219. The van der Waals surface area contributed by atoms with Crippen LogP contribution in [0.25, 0.3) is 5.70 Å². The summed E-state index contributed by atoms with van der Waals surface area (Å²) in [6.07, 6.45) is 4.22. The third-order valence-electron chi connectivity index (χ3n) is 17.3. The largest absolute Gasteiger partial charge is 0.395 e. The standard InChI is InChI=1S/C13H15NO.C9H18N2.C9H17NO.C8H18N2.C8H17NO.C6H15NO.C5H13NO.2C5H11NO.C5H13N.C4H11NO2S.C4H11N.C4H10S.C3H9N/c1-9-10-7-5-6-8-11(10)12(15)14(9)13(2,3)4;1-7-5-8(10)6-11(7)9(2,3)4;1-8(2,3)10-4-9(5-10)6-11-7-9;1-8(2)10-6-4-9(3)5-7-10;1-7(2,3)9-5-8(4,10)6-9;1-6(2)7(3)4-5-8;1-5(2)6-3-4-7;2*1-4(2)6-5(3)7;1-5(2)6(3)4;1-4(2)5-8(3,6)7;2*1-4(2)5-3;1-3(2)4/h5-8H,1H2,2-4H3;8H,1,5-6,10H2,2-4H3;4-7H2,1-3H3;8H,4-7H2,1-3H3;10H,5-6H2,1-4H3;6,8H,4-5H2,1-3H3;5-7H,3-4H2,1-2H3;2*4H,1-3H3,(H,6,7);5H,1-4H3;4-5H,1-3H3;4-5H,1-3H3;4H,1-3H3;3H,4H2,1-2H3. The summed E-state index contributed by atoms with van der Waals surface area (Å²) in [6.45, 7) is 93.8. The van der Waals surface area contributed by atoms with E-state index in [2.05, 4.69) is 246 Å². The van der Waals surface area contributed by atoms with Gasteiger partial charge >= 0.3 is 0 Å². The number of nitrogens with two attached hydrogens (primary N) is 2. The Labute approximate surface area is 708 Å². The number of piperazine rings is 1. The number of β-amino-alcohol motifs (C(OH)–C–C–N with tert-alkyl or cyclic N) is 1. The lowest BCUT2D eigenvalue weighted by molar-refractivity contribution is -0.207. The normalized spacial score (nSPS) is 17.0.